The first-order valence-electron chi connectivity index (χ1n) is 2.93. The maximum Gasteiger partial charge on any atom is 0.0946 e. The van der Waals surface area contributed by atoms with E-state index in [2.05, 4.69) is 24.5 Å². The van der Waals surface area contributed by atoms with Gasteiger partial charge in [-0.15, -0.1) is 0 Å². The molecule has 0 bridgehead atoms. The van der Waals surface area contributed by atoms with E-state index in [1.807, 2.05) is 10.8 Å². The first kappa shape index (κ1) is 6.68. The van der Waals surface area contributed by atoms with Gasteiger partial charge in [-0.1, -0.05) is 6.92 Å². The molecule has 1 rings (SSSR count). The van der Waals surface area contributed by atoms with Gasteiger partial charge in [0.1, 0.15) is 0 Å². The molecule has 0 aliphatic carbocycles. The number of imidazole rings is 1. The van der Waals surface area contributed by atoms with Crippen LogP contribution in [0.3, 0.4) is 0 Å². The van der Waals surface area contributed by atoms with Gasteiger partial charge in [-0.2, -0.15) is 12.6 Å². The maximum atomic E-state index is 4.24. The third-order valence-electron chi connectivity index (χ3n) is 1.03. The molecule has 0 spiro atoms. The molecule has 0 amide bonds. The van der Waals surface area contributed by atoms with Crippen molar-refractivity contribution in [1.82, 2.24) is 9.55 Å². The Hall–Kier alpha value is -0.440. The summed E-state index contributed by atoms with van der Waals surface area (Å²) < 4.78 is 2.01. The second-order valence-electron chi connectivity index (χ2n) is 2.11. The summed E-state index contributed by atoms with van der Waals surface area (Å²) in [7, 11) is 0. The molecule has 0 aliphatic rings. The first-order chi connectivity index (χ1) is 4.29. The average Bonchev–Trinajstić information content (AvgIpc) is 2.15. The van der Waals surface area contributed by atoms with Gasteiger partial charge in [0.15, 0.2) is 0 Å². The van der Waals surface area contributed by atoms with Crippen molar-refractivity contribution in [2.45, 2.75) is 18.7 Å². The molecular formula is C6H10N2S. The Bertz CT molecular complexity index is 158. The van der Waals surface area contributed by atoms with E-state index in [4.69, 9.17) is 0 Å². The van der Waals surface area contributed by atoms with Crippen molar-refractivity contribution in [3.8, 4) is 0 Å². The number of thiol groups is 1. The SMILES string of the molecule is CC(S)Cn1ccnc1. The zero-order valence-electron chi connectivity index (χ0n) is 5.36. The van der Waals surface area contributed by atoms with Crippen LogP contribution in [0.1, 0.15) is 6.92 Å². The van der Waals surface area contributed by atoms with Crippen molar-refractivity contribution in [2.75, 3.05) is 0 Å². The van der Waals surface area contributed by atoms with E-state index >= 15 is 0 Å². The fourth-order valence-corrected chi connectivity index (χ4v) is 0.888. The summed E-state index contributed by atoms with van der Waals surface area (Å²) in [5.74, 6) is 0. The molecule has 0 aromatic carbocycles. The Kier molecular flexibility index (Phi) is 2.16. The van der Waals surface area contributed by atoms with Gasteiger partial charge in [-0.05, 0) is 0 Å². The Labute approximate surface area is 60.3 Å². The van der Waals surface area contributed by atoms with Gasteiger partial charge in [0.25, 0.3) is 0 Å². The molecule has 0 radical (unpaired) electrons. The Morgan fingerprint density at radius 3 is 3.00 bits per heavy atom. The number of aromatic nitrogens is 2. The molecular weight excluding hydrogens is 132 g/mol. The summed E-state index contributed by atoms with van der Waals surface area (Å²) in [5.41, 5.74) is 0. The summed E-state index contributed by atoms with van der Waals surface area (Å²) >= 11 is 4.24. The highest BCUT2D eigenvalue weighted by Crippen LogP contribution is 1.96. The van der Waals surface area contributed by atoms with Crippen LogP contribution in [0.15, 0.2) is 18.7 Å². The maximum absolute atomic E-state index is 4.24. The standard InChI is InChI=1S/C6H10N2S/c1-6(9)4-8-3-2-7-5-8/h2-3,5-6,9H,4H2,1H3. The lowest BCUT2D eigenvalue weighted by molar-refractivity contribution is 0.694. The third-order valence-corrected chi connectivity index (χ3v) is 1.20. The van der Waals surface area contributed by atoms with E-state index in [0.717, 1.165) is 6.54 Å². The number of rotatable bonds is 2. The quantitative estimate of drug-likeness (QED) is 0.614. The van der Waals surface area contributed by atoms with Crippen LogP contribution in [0.2, 0.25) is 0 Å². The molecule has 1 unspecified atom stereocenters. The monoisotopic (exact) mass is 142 g/mol. The van der Waals surface area contributed by atoms with Gasteiger partial charge in [0, 0.05) is 24.2 Å². The Balaban J connectivity index is 2.48. The average molecular weight is 142 g/mol. The van der Waals surface area contributed by atoms with Crippen LogP contribution < -0.4 is 0 Å². The van der Waals surface area contributed by atoms with Gasteiger partial charge in [0.05, 0.1) is 6.33 Å². The smallest absolute Gasteiger partial charge is 0.0946 e. The lowest BCUT2D eigenvalue weighted by Crippen LogP contribution is -2.03. The van der Waals surface area contributed by atoms with Crippen molar-refractivity contribution >= 4 is 12.6 Å². The van der Waals surface area contributed by atoms with E-state index in [0.29, 0.717) is 5.25 Å². The zero-order chi connectivity index (χ0) is 6.69. The van der Waals surface area contributed by atoms with Crippen LogP contribution in [-0.2, 0) is 6.54 Å². The molecule has 50 valence electrons. The summed E-state index contributed by atoms with van der Waals surface area (Å²) in [6.07, 6.45) is 5.51. The van der Waals surface area contributed by atoms with E-state index in [9.17, 15) is 0 Å². The molecule has 1 atom stereocenters. The molecule has 1 aromatic rings. The number of hydrogen-bond donors (Lipinski definition) is 1. The molecule has 3 heteroatoms. The highest BCUT2D eigenvalue weighted by molar-refractivity contribution is 7.80. The second kappa shape index (κ2) is 2.92. The Morgan fingerprint density at radius 2 is 2.56 bits per heavy atom. The minimum Gasteiger partial charge on any atom is -0.336 e. The number of nitrogens with zero attached hydrogens (tertiary/aromatic N) is 2. The highest BCUT2D eigenvalue weighted by atomic mass is 32.1. The van der Waals surface area contributed by atoms with E-state index in [-0.39, 0.29) is 0 Å². The third kappa shape index (κ3) is 2.10. The molecule has 2 nitrogen and oxygen atoms in total. The van der Waals surface area contributed by atoms with Crippen molar-refractivity contribution in [1.29, 1.82) is 0 Å². The van der Waals surface area contributed by atoms with Crippen LogP contribution in [0.5, 0.6) is 0 Å². The molecule has 0 N–H and O–H groups in total. The summed E-state index contributed by atoms with van der Waals surface area (Å²) in [6, 6.07) is 0. The molecule has 0 saturated heterocycles. The molecule has 1 aromatic heterocycles. The lowest BCUT2D eigenvalue weighted by atomic mass is 10.5. The molecule has 0 aliphatic heterocycles. The van der Waals surface area contributed by atoms with Crippen molar-refractivity contribution in [3.05, 3.63) is 18.7 Å². The van der Waals surface area contributed by atoms with Crippen LogP contribution in [0, 0.1) is 0 Å². The summed E-state index contributed by atoms with van der Waals surface area (Å²) in [6.45, 7) is 2.99. The van der Waals surface area contributed by atoms with E-state index in [1.54, 1.807) is 12.5 Å². The largest absolute Gasteiger partial charge is 0.336 e. The van der Waals surface area contributed by atoms with Crippen molar-refractivity contribution in [2.24, 2.45) is 0 Å². The second-order valence-corrected chi connectivity index (χ2v) is 2.99. The van der Waals surface area contributed by atoms with Gasteiger partial charge < -0.3 is 4.57 Å². The predicted molar refractivity (Wildman–Crippen MR) is 40.7 cm³/mol. The lowest BCUT2D eigenvalue weighted by Gasteiger charge is -2.02. The van der Waals surface area contributed by atoms with Gasteiger partial charge >= 0.3 is 0 Å². The summed E-state index contributed by atoms with van der Waals surface area (Å²) in [5, 5.41) is 0.402. The van der Waals surface area contributed by atoms with Crippen LogP contribution >= 0.6 is 12.6 Å². The molecule has 0 saturated carbocycles. The van der Waals surface area contributed by atoms with Crippen molar-refractivity contribution < 1.29 is 0 Å². The van der Waals surface area contributed by atoms with Gasteiger partial charge in [-0.3, -0.25) is 0 Å². The van der Waals surface area contributed by atoms with Crippen molar-refractivity contribution in [3.63, 3.8) is 0 Å². The fourth-order valence-electron chi connectivity index (χ4n) is 0.700. The highest BCUT2D eigenvalue weighted by Gasteiger charge is 1.93. The predicted octanol–water partition coefficient (Wildman–Crippen LogP) is 1.20. The fraction of sp³-hybridized carbons (Fsp3) is 0.500. The van der Waals surface area contributed by atoms with Gasteiger partial charge in [-0.25, -0.2) is 4.98 Å². The minimum atomic E-state index is 0.402. The van der Waals surface area contributed by atoms with Gasteiger partial charge in [0.2, 0.25) is 0 Å². The minimum absolute atomic E-state index is 0.402. The zero-order valence-corrected chi connectivity index (χ0v) is 6.25. The molecule has 1 heterocycles. The topological polar surface area (TPSA) is 17.8 Å². The summed E-state index contributed by atoms with van der Waals surface area (Å²) in [4.78, 5) is 3.90. The number of hydrogen-bond acceptors (Lipinski definition) is 2. The molecule has 9 heavy (non-hydrogen) atoms. The molecule has 0 fully saturated rings. The van der Waals surface area contributed by atoms with Crippen LogP contribution in [-0.4, -0.2) is 14.8 Å². The van der Waals surface area contributed by atoms with Crippen LogP contribution in [0.25, 0.3) is 0 Å². The Morgan fingerprint density at radius 1 is 1.78 bits per heavy atom. The van der Waals surface area contributed by atoms with E-state index < -0.39 is 0 Å². The van der Waals surface area contributed by atoms with Crippen LogP contribution in [0.4, 0.5) is 0 Å². The first-order valence-corrected chi connectivity index (χ1v) is 3.44. The normalized spacial score (nSPS) is 13.6. The van der Waals surface area contributed by atoms with E-state index in [1.165, 1.54) is 0 Å².